The van der Waals surface area contributed by atoms with Gasteiger partial charge in [-0.05, 0) is 130 Å². The van der Waals surface area contributed by atoms with E-state index in [9.17, 15) is 4.89 Å². The van der Waals surface area contributed by atoms with Crippen LogP contribution in [0.15, 0.2) is 65.6 Å². The van der Waals surface area contributed by atoms with Gasteiger partial charge in [0.1, 0.15) is 5.75 Å². The second-order valence-electron chi connectivity index (χ2n) is 9.06. The first-order valence-electron chi connectivity index (χ1n) is 13.9. The van der Waals surface area contributed by atoms with Crippen molar-refractivity contribution >= 4 is 77.5 Å². The molecule has 2 aromatic rings. The molecule has 0 amide bonds. The van der Waals surface area contributed by atoms with Gasteiger partial charge in [-0.15, -0.1) is 0 Å². The molecule has 0 saturated carbocycles. The Hall–Kier alpha value is -2.88. The Morgan fingerprint density at radius 1 is 0.537 bits per heavy atom. The van der Waals surface area contributed by atoms with E-state index in [-0.39, 0.29) is 0 Å². The minimum atomic E-state index is -3.40. The molecule has 2 nitrogen and oxygen atoms in total. The quantitative estimate of drug-likeness (QED) is 0.245. The van der Waals surface area contributed by atoms with E-state index >= 15 is 0 Å². The zero-order chi connectivity index (χ0) is 30.4. The predicted octanol–water partition coefficient (Wildman–Crippen LogP) is 12.3. The average Bonchev–Trinajstić information content (AvgIpc) is 2.92. The second-order valence-corrected chi connectivity index (χ2v) is 15.0. The van der Waals surface area contributed by atoms with E-state index in [4.69, 9.17) is 16.3 Å². The number of benzene rings is 2. The van der Waals surface area contributed by atoms with Crippen LogP contribution < -0.4 is 4.52 Å². The van der Waals surface area contributed by atoms with Gasteiger partial charge in [0.15, 0.2) is 0 Å². The SMILES string of the molecule is C/C=C\c1cc(OP(O)(=S)Sc2cc(/C=C\C)c(/C=C\C)c(/C=C\C)c2/C=C\C)c(/C=C\C)c(/C=C\C)c1/C=C\C. The van der Waals surface area contributed by atoms with Crippen molar-refractivity contribution in [3.8, 4) is 5.75 Å². The summed E-state index contributed by atoms with van der Waals surface area (Å²) >= 11 is 7.09. The highest BCUT2D eigenvalue weighted by Gasteiger charge is 2.25. The third-order valence-corrected chi connectivity index (χ3v) is 9.60. The van der Waals surface area contributed by atoms with Crippen LogP contribution in [0.2, 0.25) is 0 Å². The Balaban J connectivity index is 2.85. The predicted molar refractivity (Wildman–Crippen MR) is 194 cm³/mol. The minimum Gasteiger partial charge on any atom is -0.435 e. The number of hydrogen-bond acceptors (Lipinski definition) is 3. The monoisotopic (exact) mass is 602 g/mol. The maximum absolute atomic E-state index is 11.8. The lowest BCUT2D eigenvalue weighted by atomic mass is 9.93. The van der Waals surface area contributed by atoms with Crippen molar-refractivity contribution in [2.45, 2.75) is 60.3 Å². The lowest BCUT2D eigenvalue weighted by molar-refractivity contribution is 0.503. The Bertz CT molecular complexity index is 1390. The molecule has 2 rings (SSSR count). The molecule has 0 aliphatic rings. The van der Waals surface area contributed by atoms with Crippen molar-refractivity contribution in [1.29, 1.82) is 0 Å². The first kappa shape index (κ1) is 34.3. The van der Waals surface area contributed by atoms with Crippen LogP contribution in [0.25, 0.3) is 48.6 Å². The summed E-state index contributed by atoms with van der Waals surface area (Å²) in [5.41, 5.74) is 4.85. The van der Waals surface area contributed by atoms with Gasteiger partial charge in [-0.1, -0.05) is 97.2 Å². The van der Waals surface area contributed by atoms with Gasteiger partial charge in [0.2, 0.25) is 0 Å². The highest BCUT2D eigenvalue weighted by Crippen LogP contribution is 2.61. The van der Waals surface area contributed by atoms with E-state index in [0.717, 1.165) is 49.4 Å². The number of rotatable bonds is 12. The third kappa shape index (κ3) is 9.05. The van der Waals surface area contributed by atoms with E-state index in [1.54, 1.807) is 0 Å². The zero-order valence-electron chi connectivity index (χ0n) is 25.5. The van der Waals surface area contributed by atoms with Crippen LogP contribution in [-0.4, -0.2) is 4.89 Å². The first-order chi connectivity index (χ1) is 19.7. The molecule has 2 aromatic carbocycles. The fourth-order valence-corrected chi connectivity index (χ4v) is 8.24. The lowest BCUT2D eigenvalue weighted by Crippen LogP contribution is -1.99. The van der Waals surface area contributed by atoms with Gasteiger partial charge >= 0.3 is 0 Å². The molecule has 0 spiro atoms. The summed E-state index contributed by atoms with van der Waals surface area (Å²) in [7, 11) is 0. The molecule has 0 aromatic heterocycles. The van der Waals surface area contributed by atoms with E-state index in [0.29, 0.717) is 5.75 Å². The van der Waals surface area contributed by atoms with Gasteiger partial charge in [0.05, 0.1) is 0 Å². The molecular formula is C36H43O2PS2. The van der Waals surface area contributed by atoms with Gasteiger partial charge in [-0.3, -0.25) is 0 Å². The molecule has 1 atom stereocenters. The molecule has 0 aliphatic carbocycles. The van der Waals surface area contributed by atoms with Crippen LogP contribution in [0.3, 0.4) is 0 Å². The molecule has 41 heavy (non-hydrogen) atoms. The molecule has 216 valence electrons. The molecular weight excluding hydrogens is 560 g/mol. The van der Waals surface area contributed by atoms with Crippen LogP contribution in [0.4, 0.5) is 0 Å². The Kier molecular flexibility index (Phi) is 14.4. The molecule has 0 bridgehead atoms. The van der Waals surface area contributed by atoms with E-state index in [1.807, 2.05) is 116 Å². The summed E-state index contributed by atoms with van der Waals surface area (Å²) < 4.78 is 6.43. The fraction of sp³-hybridized carbons (Fsp3) is 0.222. The normalized spacial score (nSPS) is 14.6. The van der Waals surface area contributed by atoms with Crippen molar-refractivity contribution in [3.05, 3.63) is 105 Å². The first-order valence-corrected chi connectivity index (χ1v) is 18.0. The topological polar surface area (TPSA) is 29.5 Å². The molecule has 1 unspecified atom stereocenters. The van der Waals surface area contributed by atoms with Gasteiger partial charge < -0.3 is 9.42 Å². The fourth-order valence-electron chi connectivity index (χ4n) is 4.59. The van der Waals surface area contributed by atoms with Crippen LogP contribution in [-0.2, 0) is 11.8 Å². The van der Waals surface area contributed by atoms with E-state index in [2.05, 4.69) is 48.6 Å². The van der Waals surface area contributed by atoms with Crippen LogP contribution in [0, 0.1) is 0 Å². The number of allylic oxidation sites excluding steroid dienone is 8. The summed E-state index contributed by atoms with van der Waals surface area (Å²) in [5, 5.41) is 0. The molecule has 0 aliphatic heterocycles. The van der Waals surface area contributed by atoms with Gasteiger partial charge in [0.25, 0.3) is 5.69 Å². The highest BCUT2D eigenvalue weighted by atomic mass is 32.9. The van der Waals surface area contributed by atoms with Crippen molar-refractivity contribution < 1.29 is 9.42 Å². The highest BCUT2D eigenvalue weighted by molar-refractivity contribution is 8.67. The molecule has 0 heterocycles. The summed E-state index contributed by atoms with van der Waals surface area (Å²) in [6.07, 6.45) is 32.8. The van der Waals surface area contributed by atoms with Crippen LogP contribution in [0.5, 0.6) is 5.75 Å². The standard InChI is InChI=1S/C36H43O2PS2/c1-9-17-27-25-35(33(23-15-7)31(21-13-5)29(27)19-11-3)38-39(37,40)41-36-26-28(18-10-2)30(20-12-4)32(22-14-6)34(36)24-16-8/h9-26H,1-8H3,(H,37,40)/b17-9-,18-10-,19-11-,20-12-,21-13-,22-14-,23-15-,24-16-. The van der Waals surface area contributed by atoms with Crippen molar-refractivity contribution in [3.63, 3.8) is 0 Å². The third-order valence-electron chi connectivity index (χ3n) is 6.01. The van der Waals surface area contributed by atoms with E-state index < -0.39 is 5.69 Å². The van der Waals surface area contributed by atoms with Crippen molar-refractivity contribution in [1.82, 2.24) is 0 Å². The smallest absolute Gasteiger partial charge is 0.299 e. The zero-order valence-corrected chi connectivity index (χ0v) is 28.0. The molecule has 5 heteroatoms. The van der Waals surface area contributed by atoms with Crippen molar-refractivity contribution in [2.75, 3.05) is 0 Å². The van der Waals surface area contributed by atoms with Gasteiger partial charge in [-0.2, -0.15) is 0 Å². The molecule has 0 fully saturated rings. The summed E-state index contributed by atoms with van der Waals surface area (Å²) in [6, 6.07) is 4.08. The lowest BCUT2D eigenvalue weighted by Gasteiger charge is -2.23. The van der Waals surface area contributed by atoms with E-state index in [1.165, 1.54) is 11.4 Å². The number of hydrogen-bond donors (Lipinski definition) is 1. The minimum absolute atomic E-state index is 0.566. The van der Waals surface area contributed by atoms with Crippen LogP contribution in [0.1, 0.15) is 99.9 Å². The maximum Gasteiger partial charge on any atom is 0.299 e. The average molecular weight is 603 g/mol. The maximum atomic E-state index is 11.8. The molecule has 1 N–H and O–H groups in total. The Morgan fingerprint density at radius 3 is 1.37 bits per heavy atom. The van der Waals surface area contributed by atoms with Crippen molar-refractivity contribution in [2.24, 2.45) is 0 Å². The molecule has 0 radical (unpaired) electrons. The molecule has 0 saturated heterocycles. The summed E-state index contributed by atoms with van der Waals surface area (Å²) in [6.45, 7) is 16.0. The largest absolute Gasteiger partial charge is 0.435 e. The Labute approximate surface area is 257 Å². The van der Waals surface area contributed by atoms with Crippen LogP contribution >= 0.6 is 17.1 Å². The summed E-state index contributed by atoms with van der Waals surface area (Å²) in [4.78, 5) is 12.6. The van der Waals surface area contributed by atoms with Gasteiger partial charge in [0, 0.05) is 10.5 Å². The van der Waals surface area contributed by atoms with Gasteiger partial charge in [-0.25, -0.2) is 0 Å². The Morgan fingerprint density at radius 2 is 0.902 bits per heavy atom. The summed E-state index contributed by atoms with van der Waals surface area (Å²) in [5.74, 6) is 0.566. The second kappa shape index (κ2) is 17.2.